The fourth-order valence-corrected chi connectivity index (χ4v) is 3.58. The maximum Gasteiger partial charge on any atom is 0.451 e. The zero-order chi connectivity index (χ0) is 21.0. The Morgan fingerprint density at radius 1 is 1.10 bits per heavy atom. The first-order valence-electron chi connectivity index (χ1n) is 9.74. The van der Waals surface area contributed by atoms with Crippen LogP contribution >= 0.6 is 0 Å². The van der Waals surface area contributed by atoms with Gasteiger partial charge in [0.25, 0.3) is 5.91 Å². The van der Waals surface area contributed by atoms with Crippen LogP contribution in [0.3, 0.4) is 0 Å². The smallest absolute Gasteiger partial charge is 0.349 e. The molecule has 1 aliphatic rings. The second kappa shape index (κ2) is 8.84. The summed E-state index contributed by atoms with van der Waals surface area (Å²) in [4.78, 5) is 27.1. The van der Waals surface area contributed by atoms with Gasteiger partial charge in [-0.05, 0) is 54.6 Å². The fraction of sp³-hybridized carbons (Fsp3) is 0.550. The van der Waals surface area contributed by atoms with Gasteiger partial charge in [-0.3, -0.25) is 4.79 Å². The normalized spacial score (nSPS) is 20.0. The molecule has 6 nitrogen and oxygen atoms in total. The minimum atomic E-state index is -4.52. The first-order valence-corrected chi connectivity index (χ1v) is 9.74. The Balaban J connectivity index is 1.40. The molecular weight excluding hydrogens is 383 g/mol. The number of nitrogens with one attached hydrogen (secondary N) is 1. The van der Waals surface area contributed by atoms with Crippen molar-refractivity contribution in [3.05, 3.63) is 47.6 Å². The predicted molar refractivity (Wildman–Crippen MR) is 100 cm³/mol. The second-order valence-electron chi connectivity index (χ2n) is 7.66. The van der Waals surface area contributed by atoms with E-state index in [2.05, 4.69) is 25.3 Å². The number of rotatable bonds is 7. The summed E-state index contributed by atoms with van der Waals surface area (Å²) in [6.45, 7) is 4.54. The van der Waals surface area contributed by atoms with Crippen LogP contribution in [0.25, 0.3) is 0 Å². The Morgan fingerprint density at radius 3 is 2.28 bits per heavy atom. The Hall–Kier alpha value is -2.58. The van der Waals surface area contributed by atoms with E-state index in [0.29, 0.717) is 23.9 Å². The molecule has 0 spiro atoms. The summed E-state index contributed by atoms with van der Waals surface area (Å²) in [5, 5.41) is 2.87. The molecule has 1 atom stereocenters. The van der Waals surface area contributed by atoms with Crippen LogP contribution in [0, 0.1) is 11.8 Å². The third kappa shape index (κ3) is 5.48. The van der Waals surface area contributed by atoms with Crippen molar-refractivity contribution in [2.45, 2.75) is 51.6 Å². The molecule has 9 heteroatoms. The summed E-state index contributed by atoms with van der Waals surface area (Å²) in [6.07, 6.45) is 4.96. The van der Waals surface area contributed by atoms with Crippen molar-refractivity contribution >= 4 is 5.91 Å². The zero-order valence-electron chi connectivity index (χ0n) is 16.4. The maximum atomic E-state index is 12.5. The highest BCUT2D eigenvalue weighted by molar-refractivity contribution is 5.90. The molecule has 0 bridgehead atoms. The van der Waals surface area contributed by atoms with Crippen LogP contribution in [0.1, 0.15) is 66.6 Å². The van der Waals surface area contributed by atoms with E-state index in [1.54, 1.807) is 12.4 Å². The van der Waals surface area contributed by atoms with Crippen molar-refractivity contribution in [3.8, 4) is 0 Å². The average molecular weight is 407 g/mol. The van der Waals surface area contributed by atoms with Crippen LogP contribution in [0.4, 0.5) is 13.2 Å². The Kier molecular flexibility index (Phi) is 6.44. The number of aromatic nitrogens is 4. The molecule has 29 heavy (non-hydrogen) atoms. The van der Waals surface area contributed by atoms with Crippen molar-refractivity contribution in [1.29, 1.82) is 0 Å². The molecule has 0 aromatic carbocycles. The van der Waals surface area contributed by atoms with E-state index in [4.69, 9.17) is 0 Å². The van der Waals surface area contributed by atoms with E-state index in [1.807, 2.05) is 13.8 Å². The van der Waals surface area contributed by atoms with Gasteiger partial charge in [0.05, 0.1) is 0 Å². The van der Waals surface area contributed by atoms with Gasteiger partial charge in [-0.15, -0.1) is 0 Å². The third-order valence-electron chi connectivity index (χ3n) is 5.38. The quantitative estimate of drug-likeness (QED) is 0.755. The lowest BCUT2D eigenvalue weighted by Gasteiger charge is -2.37. The molecule has 1 amide bonds. The van der Waals surface area contributed by atoms with Crippen LogP contribution in [0.5, 0.6) is 0 Å². The number of alkyl halides is 3. The lowest BCUT2D eigenvalue weighted by Crippen LogP contribution is -2.37. The molecule has 1 N–H and O–H groups in total. The molecule has 1 aliphatic carbocycles. The maximum absolute atomic E-state index is 12.5. The summed E-state index contributed by atoms with van der Waals surface area (Å²) >= 11 is 0. The highest BCUT2D eigenvalue weighted by atomic mass is 19.4. The average Bonchev–Trinajstić information content (AvgIpc) is 2.68. The largest absolute Gasteiger partial charge is 0.451 e. The van der Waals surface area contributed by atoms with Crippen LogP contribution in [0.2, 0.25) is 0 Å². The van der Waals surface area contributed by atoms with Gasteiger partial charge in [0.1, 0.15) is 0 Å². The number of amides is 1. The highest BCUT2D eigenvalue weighted by Gasteiger charge is 2.35. The van der Waals surface area contributed by atoms with Gasteiger partial charge < -0.3 is 5.32 Å². The van der Waals surface area contributed by atoms with Crippen molar-refractivity contribution < 1.29 is 18.0 Å². The van der Waals surface area contributed by atoms with Crippen LogP contribution in [0.15, 0.2) is 24.8 Å². The molecule has 2 heterocycles. The lowest BCUT2D eigenvalue weighted by atomic mass is 9.70. The summed E-state index contributed by atoms with van der Waals surface area (Å²) < 4.78 is 37.6. The second-order valence-corrected chi connectivity index (χ2v) is 7.66. The SMILES string of the molecule is CCc1cnc(C(=O)NCC2CC(C[C@H](C)c3cnc(C(F)(F)F)nc3)C2)nc1. The number of nitrogens with zero attached hydrogens (tertiary/aromatic N) is 4. The number of aryl methyl sites for hydroxylation is 1. The van der Waals surface area contributed by atoms with Crippen molar-refractivity contribution in [1.82, 2.24) is 25.3 Å². The molecular formula is C20H24F3N5O. The van der Waals surface area contributed by atoms with Gasteiger partial charge in [0.2, 0.25) is 11.6 Å². The van der Waals surface area contributed by atoms with Gasteiger partial charge in [-0.25, -0.2) is 19.9 Å². The Morgan fingerprint density at radius 2 is 1.72 bits per heavy atom. The molecule has 0 saturated heterocycles. The minimum absolute atomic E-state index is 0.0864. The highest BCUT2D eigenvalue weighted by Crippen LogP contribution is 2.39. The first kappa shape index (κ1) is 21.1. The van der Waals surface area contributed by atoms with Crippen LogP contribution in [-0.2, 0) is 12.6 Å². The zero-order valence-corrected chi connectivity index (χ0v) is 16.4. The summed E-state index contributed by atoms with van der Waals surface area (Å²) in [5.41, 5.74) is 1.69. The predicted octanol–water partition coefficient (Wildman–Crippen LogP) is 3.80. The molecule has 2 aromatic heterocycles. The number of carbonyl (C=O) groups is 1. The van der Waals surface area contributed by atoms with Gasteiger partial charge >= 0.3 is 6.18 Å². The summed E-state index contributed by atoms with van der Waals surface area (Å²) in [5.74, 6) is -0.242. The number of hydrogen-bond acceptors (Lipinski definition) is 5. The third-order valence-corrected chi connectivity index (χ3v) is 5.38. The van der Waals surface area contributed by atoms with E-state index in [-0.39, 0.29) is 17.6 Å². The minimum Gasteiger partial charge on any atom is -0.349 e. The topological polar surface area (TPSA) is 80.7 Å². The van der Waals surface area contributed by atoms with Crippen molar-refractivity contribution in [3.63, 3.8) is 0 Å². The van der Waals surface area contributed by atoms with Gasteiger partial charge in [-0.2, -0.15) is 13.2 Å². The van der Waals surface area contributed by atoms with E-state index < -0.39 is 12.0 Å². The van der Waals surface area contributed by atoms with Crippen LogP contribution < -0.4 is 5.32 Å². The summed E-state index contributed by atoms with van der Waals surface area (Å²) in [7, 11) is 0. The van der Waals surface area contributed by atoms with E-state index >= 15 is 0 Å². The van der Waals surface area contributed by atoms with Crippen molar-refractivity contribution in [2.75, 3.05) is 6.54 Å². The van der Waals surface area contributed by atoms with Gasteiger partial charge in [-0.1, -0.05) is 13.8 Å². The van der Waals surface area contributed by atoms with Crippen LogP contribution in [-0.4, -0.2) is 32.4 Å². The number of hydrogen-bond donors (Lipinski definition) is 1. The molecule has 156 valence electrons. The first-order chi connectivity index (χ1) is 13.8. The molecule has 1 saturated carbocycles. The molecule has 0 unspecified atom stereocenters. The number of carbonyl (C=O) groups excluding carboxylic acids is 1. The number of halogens is 3. The lowest BCUT2D eigenvalue weighted by molar-refractivity contribution is -0.145. The Bertz CT molecular complexity index is 818. The Labute approximate surface area is 167 Å². The monoisotopic (exact) mass is 407 g/mol. The molecule has 0 radical (unpaired) electrons. The van der Waals surface area contributed by atoms with E-state index in [9.17, 15) is 18.0 Å². The fourth-order valence-electron chi connectivity index (χ4n) is 3.58. The van der Waals surface area contributed by atoms with E-state index in [0.717, 1.165) is 31.2 Å². The summed E-state index contributed by atoms with van der Waals surface area (Å²) in [6, 6.07) is 0. The van der Waals surface area contributed by atoms with Crippen molar-refractivity contribution in [2.24, 2.45) is 11.8 Å². The molecule has 2 aromatic rings. The van der Waals surface area contributed by atoms with Gasteiger partial charge in [0.15, 0.2) is 0 Å². The molecule has 3 rings (SSSR count). The standard InChI is InChI=1S/C20H24F3N5O/c1-3-13-7-24-17(25-8-13)18(29)26-9-15-5-14(6-15)4-12(2)16-10-27-19(28-11-16)20(21,22)23/h7-8,10-12,14-15H,3-6,9H2,1-2H3,(H,26,29)/t12-,14?,15?/m0/s1. The molecule has 1 fully saturated rings. The van der Waals surface area contributed by atoms with E-state index in [1.165, 1.54) is 12.4 Å². The molecule has 0 aliphatic heterocycles. The van der Waals surface area contributed by atoms with Gasteiger partial charge in [0, 0.05) is 31.3 Å².